The summed E-state index contributed by atoms with van der Waals surface area (Å²) < 4.78 is 6.79. The van der Waals surface area contributed by atoms with Gasteiger partial charge in [0.2, 0.25) is 5.91 Å². The van der Waals surface area contributed by atoms with Crippen molar-refractivity contribution in [2.45, 2.75) is 12.5 Å². The fourth-order valence-corrected chi connectivity index (χ4v) is 0.526. The van der Waals surface area contributed by atoms with Gasteiger partial charge in [0.1, 0.15) is 6.10 Å². The van der Waals surface area contributed by atoms with Gasteiger partial charge in [0.25, 0.3) is 0 Å². The lowest BCUT2D eigenvalue weighted by Gasteiger charge is -1.90. The lowest BCUT2D eigenvalue weighted by Crippen LogP contribution is -2.21. The van der Waals surface area contributed by atoms with Gasteiger partial charge in [-0.2, -0.15) is 0 Å². The van der Waals surface area contributed by atoms with Crippen LogP contribution in [0.15, 0.2) is 0 Å². The topological polar surface area (TPSA) is 49.3 Å². The van der Waals surface area contributed by atoms with E-state index in [1.165, 1.54) is 0 Å². The second-order valence-electron chi connectivity index (χ2n) is 1.52. The van der Waals surface area contributed by atoms with E-state index in [1.54, 1.807) is 0 Å². The van der Waals surface area contributed by atoms with Crippen molar-refractivity contribution in [2.75, 3.05) is 6.54 Å². The Balaban J connectivity index is 2.57. The van der Waals surface area contributed by atoms with E-state index in [0.717, 1.165) is 5.31 Å². The Hall–Kier alpha value is -0.570. The molecule has 0 saturated carbocycles. The molecule has 3 nitrogen and oxygen atoms in total. The summed E-state index contributed by atoms with van der Waals surface area (Å²) >= 11 is 0. The van der Waals surface area contributed by atoms with Crippen LogP contribution in [0.25, 0.3) is 0 Å². The summed E-state index contributed by atoms with van der Waals surface area (Å²) in [6.45, 7) is 0.361. The lowest BCUT2D eigenvalue weighted by atomic mass is 10.3. The number of carbonyl (C=O) groups is 1. The maximum absolute atomic E-state index is 10.4. The molecule has 0 unspecified atom stereocenters. The molecule has 0 aromatic rings. The molecule has 1 aliphatic heterocycles. The number of hydrogen-bond acceptors (Lipinski definition) is 2. The molecule has 7 heavy (non-hydrogen) atoms. The standard InChI is InChI=1S/C4H7NO2/c6-3-1-2-5-4(3)7/h3,6H,1-2H2,(H,5,7)/t3-/m0/s1/i/hD. The molecule has 3 heteroatoms. The molecule has 40 valence electrons. The van der Waals surface area contributed by atoms with E-state index in [-0.39, 0.29) is 0 Å². The van der Waals surface area contributed by atoms with Gasteiger partial charge in [-0.15, -0.1) is 0 Å². The van der Waals surface area contributed by atoms with E-state index >= 15 is 0 Å². The quantitative estimate of drug-likeness (QED) is 0.406. The van der Waals surface area contributed by atoms with Crippen LogP contribution in [0.3, 0.4) is 0 Å². The number of nitrogens with one attached hydrogen (secondary N) is 1. The van der Waals surface area contributed by atoms with Crippen LogP contribution in [-0.2, 0) is 4.79 Å². The molecule has 1 atom stereocenters. The van der Waals surface area contributed by atoms with Crippen LogP contribution >= 0.6 is 0 Å². The monoisotopic (exact) mass is 102 g/mol. The van der Waals surface area contributed by atoms with E-state index in [9.17, 15) is 4.79 Å². The minimum atomic E-state index is -0.910. The first kappa shape index (κ1) is 3.43. The van der Waals surface area contributed by atoms with E-state index in [4.69, 9.17) is 6.52 Å². The summed E-state index contributed by atoms with van der Waals surface area (Å²) in [5.74, 6) is -0.481. The zero-order valence-electron chi connectivity index (χ0n) is 4.79. The van der Waals surface area contributed by atoms with Crippen molar-refractivity contribution in [3.8, 4) is 0 Å². The molecule has 0 bridgehead atoms. The van der Waals surface area contributed by atoms with Gasteiger partial charge in [-0.05, 0) is 6.42 Å². The molecule has 1 rings (SSSR count). The van der Waals surface area contributed by atoms with E-state index in [0.29, 0.717) is 13.0 Å². The summed E-state index contributed by atoms with van der Waals surface area (Å²) in [6, 6.07) is 0. The van der Waals surface area contributed by atoms with Crippen LogP contribution in [0, 0.1) is 0 Å². The van der Waals surface area contributed by atoms with Gasteiger partial charge in [0, 0.05) is 6.54 Å². The Labute approximate surface area is 42.8 Å². The summed E-state index contributed by atoms with van der Waals surface area (Å²) in [5, 5.41) is 9.44. The largest absolute Gasteiger partial charge is 0.383 e. The molecule has 0 aromatic heterocycles. The molecular weight excluding hydrogens is 94.0 g/mol. The highest BCUT2D eigenvalue weighted by atomic mass is 16.3. The molecule has 1 amide bonds. The molecule has 0 spiro atoms. The molecular formula is C4H7NO2. The molecule has 0 radical (unpaired) electrons. The zero-order chi connectivity index (χ0) is 6.15. The normalized spacial score (nSPS) is 33.9. The van der Waals surface area contributed by atoms with Gasteiger partial charge in [0.05, 0.1) is 0 Å². The Kier molecular flexibility index (Phi) is 0.736. The highest BCUT2D eigenvalue weighted by Crippen LogP contribution is 1.96. The Bertz CT molecular complexity index is 105. The summed E-state index contributed by atoms with van der Waals surface area (Å²) in [5.41, 5.74) is 0. The van der Waals surface area contributed by atoms with Crippen LogP contribution in [0.4, 0.5) is 0 Å². The Morgan fingerprint density at radius 3 is 3.00 bits per heavy atom. The maximum Gasteiger partial charge on any atom is 0.248 e. The second-order valence-corrected chi connectivity index (χ2v) is 1.52. The van der Waals surface area contributed by atoms with E-state index in [2.05, 4.69) is 0 Å². The highest BCUT2D eigenvalue weighted by Gasteiger charge is 2.19. The predicted octanol–water partition coefficient (Wildman–Crippen LogP) is -1.13. The van der Waals surface area contributed by atoms with Crippen molar-refractivity contribution in [2.24, 2.45) is 0 Å². The first-order valence-electron chi connectivity index (χ1n) is 2.65. The average molecular weight is 102 g/mol. The molecule has 1 saturated heterocycles. The first-order valence-corrected chi connectivity index (χ1v) is 2.20. The van der Waals surface area contributed by atoms with Crippen molar-refractivity contribution in [1.82, 2.24) is 5.31 Å². The van der Waals surface area contributed by atoms with E-state index < -0.39 is 12.0 Å². The third-order valence-electron chi connectivity index (χ3n) is 0.955. The summed E-state index contributed by atoms with van der Waals surface area (Å²) in [6.07, 6.45) is -0.505. The van der Waals surface area contributed by atoms with Crippen LogP contribution in [0.1, 0.15) is 6.42 Å². The van der Waals surface area contributed by atoms with E-state index in [1.807, 2.05) is 0 Å². The average Bonchev–Trinajstić information content (AvgIpc) is 1.98. The predicted molar refractivity (Wildman–Crippen MR) is 23.6 cm³/mol. The number of amides is 1. The van der Waals surface area contributed by atoms with Crippen molar-refractivity contribution in [1.29, 1.82) is 0 Å². The number of aliphatic hydroxyl groups is 1. The van der Waals surface area contributed by atoms with Crippen LogP contribution in [-0.4, -0.2) is 23.7 Å². The van der Waals surface area contributed by atoms with Crippen molar-refractivity contribution >= 4 is 5.91 Å². The summed E-state index contributed by atoms with van der Waals surface area (Å²) in [7, 11) is 0. The number of carbonyl (C=O) groups excluding carboxylic acids is 1. The molecule has 2 N–H and O–H groups in total. The zero-order valence-corrected chi connectivity index (χ0v) is 3.79. The lowest BCUT2D eigenvalue weighted by molar-refractivity contribution is -0.126. The highest BCUT2D eigenvalue weighted by molar-refractivity contribution is 5.82. The van der Waals surface area contributed by atoms with Crippen molar-refractivity contribution in [3.05, 3.63) is 0 Å². The second kappa shape index (κ2) is 1.50. The molecule has 1 aliphatic rings. The SMILES string of the molecule is [2H]N1CC[C@H](O)C1=O. The third kappa shape index (κ3) is 0.718. The van der Waals surface area contributed by atoms with Gasteiger partial charge in [-0.3, -0.25) is 4.79 Å². The number of hydrogen-bond donors (Lipinski definition) is 2. The molecule has 0 aromatic carbocycles. The maximum atomic E-state index is 10.4. The van der Waals surface area contributed by atoms with Crippen LogP contribution in [0.5, 0.6) is 0 Å². The minimum Gasteiger partial charge on any atom is -0.383 e. The smallest absolute Gasteiger partial charge is 0.248 e. The van der Waals surface area contributed by atoms with Gasteiger partial charge < -0.3 is 10.4 Å². The molecule has 1 heterocycles. The fraction of sp³-hybridized carbons (Fsp3) is 0.750. The Morgan fingerprint density at radius 2 is 2.86 bits per heavy atom. The van der Waals surface area contributed by atoms with Crippen LogP contribution in [0.2, 0.25) is 1.41 Å². The minimum absolute atomic E-state index is 0.361. The van der Waals surface area contributed by atoms with Crippen molar-refractivity contribution < 1.29 is 11.3 Å². The van der Waals surface area contributed by atoms with Gasteiger partial charge >= 0.3 is 0 Å². The fourth-order valence-electron chi connectivity index (χ4n) is 0.526. The molecule has 1 fully saturated rings. The van der Waals surface area contributed by atoms with Gasteiger partial charge in [-0.1, -0.05) is 0 Å². The molecule has 0 aliphatic carbocycles. The van der Waals surface area contributed by atoms with Crippen molar-refractivity contribution in [3.63, 3.8) is 0 Å². The van der Waals surface area contributed by atoms with Gasteiger partial charge in [-0.25, -0.2) is 0 Å². The van der Waals surface area contributed by atoms with Gasteiger partial charge in [0.15, 0.2) is 1.41 Å². The Morgan fingerprint density at radius 1 is 2.14 bits per heavy atom. The van der Waals surface area contributed by atoms with Crippen LogP contribution < -0.4 is 5.31 Å². The number of aliphatic hydroxyl groups excluding tert-OH is 1. The first-order chi connectivity index (χ1) is 3.72. The third-order valence-corrected chi connectivity index (χ3v) is 0.955. The summed E-state index contributed by atoms with van der Waals surface area (Å²) in [4.78, 5) is 10.4. The number of rotatable bonds is 0.